The van der Waals surface area contributed by atoms with Crippen molar-refractivity contribution in [2.24, 2.45) is 10.9 Å². The number of likely N-dealkylation sites (tertiary alicyclic amines) is 1. The van der Waals surface area contributed by atoms with Gasteiger partial charge in [-0.1, -0.05) is 12.8 Å². The molecule has 1 N–H and O–H groups in total. The van der Waals surface area contributed by atoms with Crippen molar-refractivity contribution in [3.63, 3.8) is 0 Å². The Kier molecular flexibility index (Phi) is 12.1. The summed E-state index contributed by atoms with van der Waals surface area (Å²) in [5.74, 6) is 1.84. The molecule has 6 nitrogen and oxygen atoms in total. The minimum absolute atomic E-state index is 0. The van der Waals surface area contributed by atoms with Crippen molar-refractivity contribution < 1.29 is 14.2 Å². The van der Waals surface area contributed by atoms with E-state index >= 15 is 0 Å². The molecule has 1 saturated carbocycles. The molecule has 0 aromatic heterocycles. The average molecular weight is 509 g/mol. The molecule has 0 amide bonds. The molecule has 3 rings (SSSR count). The Morgan fingerprint density at radius 1 is 1.00 bits per heavy atom. The standard InChI is InChI=1S/C21H39N3O3.HI/c1-22-21(23-11-4-14-26-20-9-15-25-16-10-20)24-12-7-19(8-13-24)27-17-18-5-2-3-6-18;/h18-20H,2-17H2,1H3,(H,22,23);1H. The minimum atomic E-state index is 0. The summed E-state index contributed by atoms with van der Waals surface area (Å²) in [6.45, 7) is 6.46. The van der Waals surface area contributed by atoms with Crippen LogP contribution in [-0.2, 0) is 14.2 Å². The summed E-state index contributed by atoms with van der Waals surface area (Å²) >= 11 is 0. The van der Waals surface area contributed by atoms with Gasteiger partial charge < -0.3 is 24.4 Å². The largest absolute Gasteiger partial charge is 0.381 e. The van der Waals surface area contributed by atoms with Crippen molar-refractivity contribution in [3.05, 3.63) is 0 Å². The van der Waals surface area contributed by atoms with Crippen molar-refractivity contribution in [2.45, 2.75) is 70.0 Å². The Bertz CT molecular complexity index is 433. The third kappa shape index (κ3) is 8.32. The predicted molar refractivity (Wildman–Crippen MR) is 124 cm³/mol. The van der Waals surface area contributed by atoms with Gasteiger partial charge in [-0.25, -0.2) is 0 Å². The van der Waals surface area contributed by atoms with E-state index in [-0.39, 0.29) is 24.0 Å². The fourth-order valence-electron chi connectivity index (χ4n) is 4.38. The summed E-state index contributed by atoms with van der Waals surface area (Å²) in [5, 5.41) is 3.50. The highest BCUT2D eigenvalue weighted by molar-refractivity contribution is 14.0. The van der Waals surface area contributed by atoms with Gasteiger partial charge in [0, 0.05) is 53.1 Å². The summed E-state index contributed by atoms with van der Waals surface area (Å²) < 4.78 is 17.5. The van der Waals surface area contributed by atoms with E-state index in [9.17, 15) is 0 Å². The third-order valence-electron chi connectivity index (χ3n) is 6.12. The molecule has 0 bridgehead atoms. The number of hydrogen-bond acceptors (Lipinski definition) is 4. The molecule has 1 aliphatic carbocycles. The van der Waals surface area contributed by atoms with Gasteiger partial charge in [-0.2, -0.15) is 0 Å². The number of rotatable bonds is 8. The Morgan fingerprint density at radius 2 is 1.68 bits per heavy atom. The minimum Gasteiger partial charge on any atom is -0.381 e. The second-order valence-electron chi connectivity index (χ2n) is 8.18. The van der Waals surface area contributed by atoms with E-state index in [4.69, 9.17) is 14.2 Å². The molecule has 0 aromatic carbocycles. The highest BCUT2D eigenvalue weighted by Gasteiger charge is 2.23. The van der Waals surface area contributed by atoms with Crippen LogP contribution in [0.3, 0.4) is 0 Å². The Morgan fingerprint density at radius 3 is 2.36 bits per heavy atom. The first-order chi connectivity index (χ1) is 13.3. The maximum Gasteiger partial charge on any atom is 0.193 e. The molecule has 3 aliphatic rings. The van der Waals surface area contributed by atoms with Gasteiger partial charge in [-0.3, -0.25) is 4.99 Å². The number of piperidine rings is 1. The maximum absolute atomic E-state index is 6.19. The molecule has 0 spiro atoms. The predicted octanol–water partition coefficient (Wildman–Crippen LogP) is 3.44. The molecule has 3 fully saturated rings. The van der Waals surface area contributed by atoms with E-state index in [1.54, 1.807) is 0 Å². The van der Waals surface area contributed by atoms with E-state index in [0.29, 0.717) is 12.2 Å². The maximum atomic E-state index is 6.19. The summed E-state index contributed by atoms with van der Waals surface area (Å²) in [7, 11) is 1.88. The smallest absolute Gasteiger partial charge is 0.193 e. The molecule has 7 heteroatoms. The van der Waals surface area contributed by atoms with Crippen LogP contribution in [0.5, 0.6) is 0 Å². The van der Waals surface area contributed by atoms with Crippen LogP contribution in [0.15, 0.2) is 4.99 Å². The lowest BCUT2D eigenvalue weighted by molar-refractivity contribution is -0.0320. The lowest BCUT2D eigenvalue weighted by Crippen LogP contribution is -2.47. The fraction of sp³-hybridized carbons (Fsp3) is 0.952. The quantitative estimate of drug-likeness (QED) is 0.235. The van der Waals surface area contributed by atoms with Crippen molar-refractivity contribution in [1.29, 1.82) is 0 Å². The molecule has 0 aromatic rings. The number of nitrogens with one attached hydrogen (secondary N) is 1. The highest BCUT2D eigenvalue weighted by Crippen LogP contribution is 2.26. The lowest BCUT2D eigenvalue weighted by Gasteiger charge is -2.34. The van der Waals surface area contributed by atoms with Crippen LogP contribution in [0.25, 0.3) is 0 Å². The van der Waals surface area contributed by atoms with Crippen LogP contribution in [-0.4, -0.2) is 76.2 Å². The lowest BCUT2D eigenvalue weighted by atomic mass is 10.1. The summed E-state index contributed by atoms with van der Waals surface area (Å²) in [4.78, 5) is 6.84. The van der Waals surface area contributed by atoms with Gasteiger partial charge in [0.2, 0.25) is 0 Å². The number of halogens is 1. The van der Waals surface area contributed by atoms with Crippen LogP contribution in [0.2, 0.25) is 0 Å². The van der Waals surface area contributed by atoms with Crippen LogP contribution in [0.4, 0.5) is 0 Å². The van der Waals surface area contributed by atoms with Gasteiger partial charge in [0.05, 0.1) is 12.2 Å². The second kappa shape index (κ2) is 14.0. The van der Waals surface area contributed by atoms with Gasteiger partial charge in [0.15, 0.2) is 5.96 Å². The van der Waals surface area contributed by atoms with Crippen LogP contribution in [0, 0.1) is 5.92 Å². The van der Waals surface area contributed by atoms with E-state index in [2.05, 4.69) is 15.2 Å². The summed E-state index contributed by atoms with van der Waals surface area (Å²) in [6, 6.07) is 0. The zero-order valence-corrected chi connectivity index (χ0v) is 19.9. The zero-order valence-electron chi connectivity index (χ0n) is 17.6. The first-order valence-electron chi connectivity index (χ1n) is 11.1. The number of guanidine groups is 1. The fourth-order valence-corrected chi connectivity index (χ4v) is 4.38. The molecule has 0 atom stereocenters. The molecular weight excluding hydrogens is 469 g/mol. The summed E-state index contributed by atoms with van der Waals surface area (Å²) in [5.41, 5.74) is 0. The molecule has 0 unspecified atom stereocenters. The SMILES string of the molecule is CN=C(NCCCOC1CCOCC1)N1CCC(OCC2CCCC2)CC1.I. The van der Waals surface area contributed by atoms with Crippen molar-refractivity contribution >= 4 is 29.9 Å². The monoisotopic (exact) mass is 509 g/mol. The summed E-state index contributed by atoms with van der Waals surface area (Å²) in [6.07, 6.45) is 11.7. The van der Waals surface area contributed by atoms with Gasteiger partial charge in [0.1, 0.15) is 0 Å². The first kappa shape index (κ1) is 24.2. The number of aliphatic imine (C=N–C) groups is 1. The normalized spacial score (nSPS) is 23.0. The second-order valence-corrected chi connectivity index (χ2v) is 8.18. The van der Waals surface area contributed by atoms with Crippen LogP contribution < -0.4 is 5.32 Å². The number of hydrogen-bond donors (Lipinski definition) is 1. The molecular formula is C21H40IN3O3. The van der Waals surface area contributed by atoms with Gasteiger partial charge in [-0.05, 0) is 50.9 Å². The topological polar surface area (TPSA) is 55.3 Å². The Hall–Kier alpha value is -0.120. The van der Waals surface area contributed by atoms with Crippen LogP contribution in [0.1, 0.15) is 57.8 Å². The van der Waals surface area contributed by atoms with Crippen molar-refractivity contribution in [2.75, 3.05) is 53.1 Å². The molecule has 0 radical (unpaired) electrons. The van der Waals surface area contributed by atoms with Crippen LogP contribution >= 0.6 is 24.0 Å². The van der Waals surface area contributed by atoms with E-state index in [0.717, 1.165) is 90.0 Å². The number of nitrogens with zero attached hydrogens (tertiary/aromatic N) is 2. The number of ether oxygens (including phenoxy) is 3. The molecule has 2 saturated heterocycles. The van der Waals surface area contributed by atoms with Gasteiger partial charge >= 0.3 is 0 Å². The highest BCUT2D eigenvalue weighted by atomic mass is 127. The van der Waals surface area contributed by atoms with Gasteiger partial charge in [-0.15, -0.1) is 24.0 Å². The Labute approximate surface area is 188 Å². The molecule has 2 aliphatic heterocycles. The average Bonchev–Trinajstić information content (AvgIpc) is 3.24. The van der Waals surface area contributed by atoms with Crippen molar-refractivity contribution in [3.8, 4) is 0 Å². The zero-order chi connectivity index (χ0) is 18.7. The first-order valence-corrected chi connectivity index (χ1v) is 11.1. The van der Waals surface area contributed by atoms with E-state index < -0.39 is 0 Å². The van der Waals surface area contributed by atoms with E-state index in [1.165, 1.54) is 25.7 Å². The molecule has 164 valence electrons. The molecule has 28 heavy (non-hydrogen) atoms. The molecule has 2 heterocycles. The van der Waals surface area contributed by atoms with E-state index in [1.807, 2.05) is 7.05 Å². The Balaban J connectivity index is 0.00000280. The third-order valence-corrected chi connectivity index (χ3v) is 6.12. The van der Waals surface area contributed by atoms with Gasteiger partial charge in [0.25, 0.3) is 0 Å². The van der Waals surface area contributed by atoms with Crippen molar-refractivity contribution in [1.82, 2.24) is 10.2 Å².